The van der Waals surface area contributed by atoms with E-state index in [-0.39, 0.29) is 6.04 Å². The molecule has 2 fully saturated rings. The summed E-state index contributed by atoms with van der Waals surface area (Å²) in [5.74, 6) is 1.57. The molecule has 1 N–H and O–H groups in total. The van der Waals surface area contributed by atoms with Crippen molar-refractivity contribution in [3.05, 3.63) is 11.8 Å². The van der Waals surface area contributed by atoms with E-state index in [4.69, 9.17) is 4.74 Å². The van der Waals surface area contributed by atoms with Crippen LogP contribution in [0.1, 0.15) is 25.5 Å². The van der Waals surface area contributed by atoms with E-state index in [2.05, 4.69) is 27.1 Å². The first-order chi connectivity index (χ1) is 12.0. The number of nitrogens with one attached hydrogen (secondary N) is 1. The minimum absolute atomic E-state index is 0.232. The summed E-state index contributed by atoms with van der Waals surface area (Å²) in [7, 11) is -3.09. The van der Waals surface area contributed by atoms with Crippen molar-refractivity contribution >= 4 is 21.8 Å². The number of piperidine rings is 1. The van der Waals surface area contributed by atoms with Crippen LogP contribution >= 0.6 is 0 Å². The molecule has 0 unspecified atom stereocenters. The van der Waals surface area contributed by atoms with Gasteiger partial charge in [0, 0.05) is 44.0 Å². The van der Waals surface area contributed by atoms with Crippen LogP contribution in [0.5, 0.6) is 0 Å². The number of rotatable bonds is 5. The van der Waals surface area contributed by atoms with Crippen molar-refractivity contribution in [2.24, 2.45) is 0 Å². The quantitative estimate of drug-likeness (QED) is 0.818. The summed E-state index contributed by atoms with van der Waals surface area (Å²) in [6, 6.07) is 2.22. The third-order valence-electron chi connectivity index (χ3n) is 4.70. The van der Waals surface area contributed by atoms with E-state index in [0.29, 0.717) is 26.3 Å². The number of hydrogen-bond acceptors (Lipinski definition) is 7. The van der Waals surface area contributed by atoms with Crippen LogP contribution in [0.2, 0.25) is 0 Å². The Kier molecular flexibility index (Phi) is 5.75. The zero-order chi connectivity index (χ0) is 17.9. The summed E-state index contributed by atoms with van der Waals surface area (Å²) in [6.45, 7) is 6.20. The summed E-state index contributed by atoms with van der Waals surface area (Å²) in [5, 5.41) is 3.48. The number of aryl methyl sites for hydroxylation is 1. The van der Waals surface area contributed by atoms with Crippen LogP contribution in [-0.2, 0) is 21.2 Å². The Morgan fingerprint density at radius 3 is 2.48 bits per heavy atom. The Labute approximate surface area is 149 Å². The Hall–Kier alpha value is -1.45. The van der Waals surface area contributed by atoms with Crippen molar-refractivity contribution in [3.8, 4) is 0 Å². The molecule has 1 aromatic rings. The standard InChI is InChI=1S/C16H27N5O3S/c1-3-13-12-15(19-16(18-13)20-8-10-24-11-9-20)17-14-4-6-21(7-5-14)25(2,22)23/h12,14H,3-11H2,1-2H3,(H,17,18,19). The normalized spacial score (nSPS) is 20.6. The van der Waals surface area contributed by atoms with Crippen molar-refractivity contribution < 1.29 is 13.2 Å². The zero-order valence-electron chi connectivity index (χ0n) is 14.9. The number of anilines is 2. The molecule has 0 aromatic carbocycles. The number of sulfonamides is 1. The van der Waals surface area contributed by atoms with Crippen LogP contribution in [0.15, 0.2) is 6.07 Å². The minimum atomic E-state index is -3.09. The van der Waals surface area contributed by atoms with Gasteiger partial charge in [-0.15, -0.1) is 0 Å². The van der Waals surface area contributed by atoms with Crippen molar-refractivity contribution in [2.75, 3.05) is 55.9 Å². The van der Waals surface area contributed by atoms with Crippen LogP contribution in [-0.4, -0.2) is 74.4 Å². The van der Waals surface area contributed by atoms with Gasteiger partial charge in [-0.2, -0.15) is 4.98 Å². The molecule has 0 amide bonds. The Bertz CT molecular complexity index is 683. The number of hydrogen-bond donors (Lipinski definition) is 1. The fourth-order valence-corrected chi connectivity index (χ4v) is 4.06. The van der Waals surface area contributed by atoms with Crippen molar-refractivity contribution in [2.45, 2.75) is 32.2 Å². The molecule has 25 heavy (non-hydrogen) atoms. The average molecular weight is 369 g/mol. The van der Waals surface area contributed by atoms with Gasteiger partial charge in [0.2, 0.25) is 16.0 Å². The van der Waals surface area contributed by atoms with Gasteiger partial charge in [-0.05, 0) is 19.3 Å². The summed E-state index contributed by atoms with van der Waals surface area (Å²) in [4.78, 5) is 11.5. The van der Waals surface area contributed by atoms with Gasteiger partial charge < -0.3 is 15.0 Å². The molecule has 3 heterocycles. The molecule has 9 heteroatoms. The summed E-state index contributed by atoms with van der Waals surface area (Å²) >= 11 is 0. The lowest BCUT2D eigenvalue weighted by Gasteiger charge is -2.31. The van der Waals surface area contributed by atoms with Gasteiger partial charge in [0.25, 0.3) is 0 Å². The van der Waals surface area contributed by atoms with Crippen LogP contribution < -0.4 is 10.2 Å². The van der Waals surface area contributed by atoms with E-state index in [0.717, 1.165) is 49.8 Å². The third-order valence-corrected chi connectivity index (χ3v) is 6.00. The molecule has 0 saturated carbocycles. The third kappa shape index (κ3) is 4.80. The minimum Gasteiger partial charge on any atom is -0.378 e. The number of ether oxygens (including phenoxy) is 1. The van der Waals surface area contributed by atoms with E-state index in [1.165, 1.54) is 6.26 Å². The lowest BCUT2D eigenvalue weighted by atomic mass is 10.1. The second-order valence-electron chi connectivity index (χ2n) is 6.58. The van der Waals surface area contributed by atoms with Crippen molar-refractivity contribution in [1.82, 2.24) is 14.3 Å². The van der Waals surface area contributed by atoms with Crippen molar-refractivity contribution in [3.63, 3.8) is 0 Å². The first-order valence-corrected chi connectivity index (χ1v) is 10.7. The van der Waals surface area contributed by atoms with Gasteiger partial charge in [-0.1, -0.05) is 6.92 Å². The molecule has 0 spiro atoms. The van der Waals surface area contributed by atoms with Crippen LogP contribution in [0.3, 0.4) is 0 Å². The molecule has 1 aromatic heterocycles. The predicted molar refractivity (Wildman–Crippen MR) is 97.5 cm³/mol. The van der Waals surface area contributed by atoms with Gasteiger partial charge in [-0.3, -0.25) is 0 Å². The summed E-state index contributed by atoms with van der Waals surface area (Å²) in [6.07, 6.45) is 3.69. The second kappa shape index (κ2) is 7.84. The largest absolute Gasteiger partial charge is 0.378 e. The average Bonchev–Trinajstić information content (AvgIpc) is 2.62. The Balaban J connectivity index is 1.68. The molecule has 0 bridgehead atoms. The second-order valence-corrected chi connectivity index (χ2v) is 8.56. The monoisotopic (exact) mass is 369 g/mol. The lowest BCUT2D eigenvalue weighted by Crippen LogP contribution is -2.42. The molecule has 8 nitrogen and oxygen atoms in total. The van der Waals surface area contributed by atoms with Crippen LogP contribution in [0.25, 0.3) is 0 Å². The number of nitrogens with zero attached hydrogens (tertiary/aromatic N) is 4. The Morgan fingerprint density at radius 2 is 1.88 bits per heavy atom. The first-order valence-electron chi connectivity index (χ1n) is 8.88. The summed E-state index contributed by atoms with van der Waals surface area (Å²) in [5.41, 5.74) is 1.01. The van der Waals surface area contributed by atoms with E-state index >= 15 is 0 Å². The maximum absolute atomic E-state index is 11.6. The predicted octanol–water partition coefficient (Wildman–Crippen LogP) is 0.712. The molecule has 3 rings (SSSR count). The first kappa shape index (κ1) is 18.3. The highest BCUT2D eigenvalue weighted by molar-refractivity contribution is 7.88. The molecule has 0 radical (unpaired) electrons. The van der Waals surface area contributed by atoms with Gasteiger partial charge in [0.1, 0.15) is 5.82 Å². The highest BCUT2D eigenvalue weighted by atomic mass is 32.2. The number of morpholine rings is 1. The Morgan fingerprint density at radius 1 is 1.20 bits per heavy atom. The topological polar surface area (TPSA) is 87.7 Å². The maximum Gasteiger partial charge on any atom is 0.227 e. The summed E-state index contributed by atoms with van der Waals surface area (Å²) < 4.78 is 30.2. The molecule has 2 aliphatic heterocycles. The van der Waals surface area contributed by atoms with Crippen molar-refractivity contribution in [1.29, 1.82) is 0 Å². The van der Waals surface area contributed by atoms with E-state index in [1.54, 1.807) is 4.31 Å². The molecule has 2 saturated heterocycles. The maximum atomic E-state index is 11.6. The number of aromatic nitrogens is 2. The van der Waals surface area contributed by atoms with E-state index in [1.807, 2.05) is 6.07 Å². The highest BCUT2D eigenvalue weighted by Crippen LogP contribution is 2.20. The highest BCUT2D eigenvalue weighted by Gasteiger charge is 2.25. The smallest absolute Gasteiger partial charge is 0.227 e. The molecular formula is C16H27N5O3S. The molecular weight excluding hydrogens is 342 g/mol. The van der Waals surface area contributed by atoms with Crippen LogP contribution in [0.4, 0.5) is 11.8 Å². The van der Waals surface area contributed by atoms with Gasteiger partial charge in [0.05, 0.1) is 19.5 Å². The lowest BCUT2D eigenvalue weighted by molar-refractivity contribution is 0.122. The van der Waals surface area contributed by atoms with Crippen LogP contribution in [0, 0.1) is 0 Å². The van der Waals surface area contributed by atoms with Gasteiger partial charge in [-0.25, -0.2) is 17.7 Å². The van der Waals surface area contributed by atoms with Gasteiger partial charge >= 0.3 is 0 Å². The van der Waals surface area contributed by atoms with Gasteiger partial charge in [0.15, 0.2) is 0 Å². The molecule has 0 aliphatic carbocycles. The fourth-order valence-electron chi connectivity index (χ4n) is 3.18. The fraction of sp³-hybridized carbons (Fsp3) is 0.750. The van der Waals surface area contributed by atoms with E-state index < -0.39 is 10.0 Å². The molecule has 0 atom stereocenters. The SMILES string of the molecule is CCc1cc(NC2CCN(S(C)(=O)=O)CC2)nc(N2CCOCC2)n1. The molecule has 140 valence electrons. The van der Waals surface area contributed by atoms with E-state index in [9.17, 15) is 8.42 Å². The molecule has 2 aliphatic rings. The zero-order valence-corrected chi connectivity index (χ0v) is 15.8.